The number of ketones is 1. The Morgan fingerprint density at radius 2 is 1.44 bits per heavy atom. The number of rotatable bonds is 6. The number of anilines is 1. The number of allylic oxidation sites excluding steroid dienone is 2. The number of hydrogen-bond donors (Lipinski definition) is 2. The summed E-state index contributed by atoms with van der Waals surface area (Å²) >= 11 is 0. The first-order chi connectivity index (χ1) is 23.5. The highest BCUT2D eigenvalue weighted by Crippen LogP contribution is 2.38. The zero-order valence-corrected chi connectivity index (χ0v) is 26.1. The van der Waals surface area contributed by atoms with Gasteiger partial charge in [0.15, 0.2) is 5.78 Å². The molecule has 0 spiro atoms. The average molecular weight is 633 g/mol. The molecule has 8 nitrogen and oxygen atoms in total. The SMILES string of the molecule is O=C(Nc1ccc(C(=O)C2C=C3C=CCN3C3=C(CC[C@@H](N4C(=O)c5ccccc5C4=O)C3)N2)cc1)c1ccccc1-c1ccccc1. The highest BCUT2D eigenvalue weighted by Gasteiger charge is 2.43. The van der Waals surface area contributed by atoms with Crippen LogP contribution in [0.15, 0.2) is 138 Å². The van der Waals surface area contributed by atoms with Crippen LogP contribution in [0.3, 0.4) is 0 Å². The van der Waals surface area contributed by atoms with Crippen LogP contribution >= 0.6 is 0 Å². The molecule has 1 unspecified atom stereocenters. The van der Waals surface area contributed by atoms with Crippen molar-refractivity contribution in [1.82, 2.24) is 15.1 Å². The number of nitrogens with one attached hydrogen (secondary N) is 2. The molecule has 48 heavy (non-hydrogen) atoms. The van der Waals surface area contributed by atoms with Gasteiger partial charge in [0, 0.05) is 52.9 Å². The summed E-state index contributed by atoms with van der Waals surface area (Å²) in [4.78, 5) is 57.3. The summed E-state index contributed by atoms with van der Waals surface area (Å²) in [6.07, 6.45) is 7.73. The number of amides is 3. The number of Topliss-reactive ketones (excluding diaryl/α,β-unsaturated/α-hetero) is 1. The van der Waals surface area contributed by atoms with E-state index in [1.54, 1.807) is 54.6 Å². The minimum atomic E-state index is -0.605. The first-order valence-electron chi connectivity index (χ1n) is 16.2. The van der Waals surface area contributed by atoms with Crippen molar-refractivity contribution in [2.75, 3.05) is 11.9 Å². The smallest absolute Gasteiger partial charge is 0.261 e. The van der Waals surface area contributed by atoms with Crippen molar-refractivity contribution in [2.45, 2.75) is 31.3 Å². The number of nitrogens with zero attached hydrogens (tertiary/aromatic N) is 2. The summed E-state index contributed by atoms with van der Waals surface area (Å²) in [6, 6.07) is 30.4. The number of fused-ring (bicyclic) bond motifs is 3. The third kappa shape index (κ3) is 5.11. The van der Waals surface area contributed by atoms with Crippen LogP contribution in [0.1, 0.15) is 60.7 Å². The van der Waals surface area contributed by atoms with E-state index in [-0.39, 0.29) is 29.5 Å². The van der Waals surface area contributed by atoms with Crippen molar-refractivity contribution in [1.29, 1.82) is 0 Å². The van der Waals surface area contributed by atoms with E-state index < -0.39 is 6.04 Å². The van der Waals surface area contributed by atoms with Gasteiger partial charge in [0.25, 0.3) is 17.7 Å². The van der Waals surface area contributed by atoms with Gasteiger partial charge in [-0.1, -0.05) is 66.7 Å². The lowest BCUT2D eigenvalue weighted by Crippen LogP contribution is -2.44. The van der Waals surface area contributed by atoms with Crippen molar-refractivity contribution in [3.05, 3.63) is 161 Å². The van der Waals surface area contributed by atoms with E-state index in [0.717, 1.165) is 28.2 Å². The lowest BCUT2D eigenvalue weighted by molar-refractivity contribution is 0.0564. The minimum Gasteiger partial charge on any atom is -0.374 e. The molecular weight excluding hydrogens is 600 g/mol. The highest BCUT2D eigenvalue weighted by atomic mass is 16.2. The third-order valence-corrected chi connectivity index (χ3v) is 9.54. The molecule has 2 atom stereocenters. The molecule has 3 aliphatic heterocycles. The second-order valence-electron chi connectivity index (χ2n) is 12.4. The molecule has 0 aromatic heterocycles. The largest absolute Gasteiger partial charge is 0.374 e. The Morgan fingerprint density at radius 3 is 2.17 bits per heavy atom. The number of hydrogen-bond acceptors (Lipinski definition) is 6. The van der Waals surface area contributed by atoms with E-state index >= 15 is 0 Å². The fraction of sp³-hybridized carbons (Fsp3) is 0.150. The summed E-state index contributed by atoms with van der Waals surface area (Å²) in [5.74, 6) is -0.802. The molecule has 236 valence electrons. The van der Waals surface area contributed by atoms with Gasteiger partial charge in [0.05, 0.1) is 11.1 Å². The summed E-state index contributed by atoms with van der Waals surface area (Å²) in [5.41, 5.74) is 7.26. The van der Waals surface area contributed by atoms with Crippen LogP contribution in [-0.2, 0) is 0 Å². The maximum atomic E-state index is 13.9. The predicted molar refractivity (Wildman–Crippen MR) is 183 cm³/mol. The lowest BCUT2D eigenvalue weighted by atomic mass is 9.93. The molecule has 0 saturated carbocycles. The molecule has 4 aliphatic rings. The van der Waals surface area contributed by atoms with Crippen LogP contribution in [0, 0.1) is 0 Å². The van der Waals surface area contributed by atoms with Gasteiger partial charge < -0.3 is 15.5 Å². The Balaban J connectivity index is 0.993. The van der Waals surface area contributed by atoms with Crippen molar-refractivity contribution in [3.8, 4) is 11.1 Å². The normalized spacial score (nSPS) is 19.6. The summed E-state index contributed by atoms with van der Waals surface area (Å²) in [5, 5.41) is 6.48. The molecule has 8 rings (SSSR count). The molecule has 3 heterocycles. The first kappa shape index (κ1) is 29.4. The van der Waals surface area contributed by atoms with Crippen LogP contribution in [0.4, 0.5) is 5.69 Å². The van der Waals surface area contributed by atoms with Gasteiger partial charge in [0.2, 0.25) is 0 Å². The molecule has 1 aliphatic carbocycles. The maximum Gasteiger partial charge on any atom is 0.261 e. The Kier molecular flexibility index (Phi) is 7.33. The highest BCUT2D eigenvalue weighted by molar-refractivity contribution is 6.21. The Bertz CT molecular complexity index is 2040. The van der Waals surface area contributed by atoms with Crippen LogP contribution in [0.25, 0.3) is 11.1 Å². The standard InChI is InChI=1S/C40H32N4O4/c45-37(26-16-18-27(19-17-26)41-38(46)31-13-5-4-12-30(31)25-9-2-1-3-10-25)35-23-28-11-8-22-43(28)36-24-29(20-21-34(36)42-35)44-39(47)32-14-6-7-15-33(32)40(44)48/h1-19,23,29,35,42H,20-22,24H2,(H,41,46)/t29-,35?/m1/s1. The van der Waals surface area contributed by atoms with E-state index in [4.69, 9.17) is 0 Å². The second kappa shape index (κ2) is 12.0. The Morgan fingerprint density at radius 1 is 0.771 bits per heavy atom. The van der Waals surface area contributed by atoms with Gasteiger partial charge in [-0.25, -0.2) is 0 Å². The molecule has 0 saturated heterocycles. The predicted octanol–water partition coefficient (Wildman–Crippen LogP) is 6.58. The van der Waals surface area contributed by atoms with Crippen molar-refractivity contribution in [2.24, 2.45) is 0 Å². The molecule has 0 bridgehead atoms. The van der Waals surface area contributed by atoms with Crippen molar-refractivity contribution >= 4 is 29.2 Å². The van der Waals surface area contributed by atoms with Gasteiger partial charge in [0.1, 0.15) is 6.04 Å². The van der Waals surface area contributed by atoms with Crippen molar-refractivity contribution < 1.29 is 19.2 Å². The summed E-state index contributed by atoms with van der Waals surface area (Å²) in [7, 11) is 0. The zero-order valence-electron chi connectivity index (χ0n) is 26.1. The minimum absolute atomic E-state index is 0.0914. The van der Waals surface area contributed by atoms with E-state index in [1.165, 1.54) is 4.90 Å². The van der Waals surface area contributed by atoms with E-state index in [0.29, 0.717) is 53.7 Å². The summed E-state index contributed by atoms with van der Waals surface area (Å²) in [6.45, 7) is 0.657. The number of benzene rings is 4. The van der Waals surface area contributed by atoms with Crippen LogP contribution in [0.5, 0.6) is 0 Å². The van der Waals surface area contributed by atoms with Gasteiger partial charge in [-0.15, -0.1) is 0 Å². The van der Waals surface area contributed by atoms with Crippen LogP contribution in [-0.4, -0.2) is 51.9 Å². The second-order valence-corrected chi connectivity index (χ2v) is 12.4. The number of imide groups is 1. The molecule has 0 radical (unpaired) electrons. The van der Waals surface area contributed by atoms with Gasteiger partial charge in [-0.2, -0.15) is 0 Å². The number of carbonyl (C=O) groups excluding carboxylic acids is 4. The third-order valence-electron chi connectivity index (χ3n) is 9.54. The van der Waals surface area contributed by atoms with Gasteiger partial charge >= 0.3 is 0 Å². The lowest BCUT2D eigenvalue weighted by Gasteiger charge is -2.36. The topological polar surface area (TPSA) is 98.8 Å². The van der Waals surface area contributed by atoms with E-state index in [2.05, 4.69) is 21.6 Å². The van der Waals surface area contributed by atoms with Crippen LogP contribution in [0.2, 0.25) is 0 Å². The maximum absolute atomic E-state index is 13.9. The Hall–Kier alpha value is -6.02. The fourth-order valence-corrected chi connectivity index (χ4v) is 7.17. The summed E-state index contributed by atoms with van der Waals surface area (Å²) < 4.78 is 0. The number of carbonyl (C=O) groups is 4. The zero-order chi connectivity index (χ0) is 32.8. The molecule has 8 heteroatoms. The average Bonchev–Trinajstić information content (AvgIpc) is 3.65. The van der Waals surface area contributed by atoms with Crippen molar-refractivity contribution in [3.63, 3.8) is 0 Å². The molecule has 2 N–H and O–H groups in total. The Labute approximate surface area is 278 Å². The molecule has 4 aromatic rings. The molecule has 3 amide bonds. The van der Waals surface area contributed by atoms with Gasteiger partial charge in [-0.05, 0) is 78.6 Å². The quantitative estimate of drug-likeness (QED) is 0.184. The van der Waals surface area contributed by atoms with E-state index in [9.17, 15) is 19.2 Å². The molecule has 4 aromatic carbocycles. The van der Waals surface area contributed by atoms with Gasteiger partial charge in [-0.3, -0.25) is 24.1 Å². The van der Waals surface area contributed by atoms with E-state index in [1.807, 2.05) is 60.7 Å². The monoisotopic (exact) mass is 632 g/mol. The molecular formula is C40H32N4O4. The first-order valence-corrected chi connectivity index (χ1v) is 16.2. The fourth-order valence-electron chi connectivity index (χ4n) is 7.17. The van der Waals surface area contributed by atoms with Crippen LogP contribution < -0.4 is 10.6 Å². The molecule has 0 fully saturated rings.